The molecule has 96 valence electrons. The van der Waals surface area contributed by atoms with Crippen molar-refractivity contribution in [2.75, 3.05) is 13.7 Å². The predicted molar refractivity (Wildman–Crippen MR) is 71.9 cm³/mol. The molecule has 0 saturated carbocycles. The molecule has 0 spiro atoms. The van der Waals surface area contributed by atoms with Crippen LogP contribution in [0, 0.1) is 0 Å². The summed E-state index contributed by atoms with van der Waals surface area (Å²) in [5.41, 5.74) is 1.02. The van der Waals surface area contributed by atoms with Crippen molar-refractivity contribution in [2.45, 2.75) is 17.7 Å². The fourth-order valence-electron chi connectivity index (χ4n) is 1.79. The molecule has 2 atom stereocenters. The van der Waals surface area contributed by atoms with Crippen LogP contribution in [-0.4, -0.2) is 41.1 Å². The zero-order chi connectivity index (χ0) is 13.0. The Balaban J connectivity index is 2.10. The van der Waals surface area contributed by atoms with E-state index in [0.29, 0.717) is 0 Å². The second kappa shape index (κ2) is 6.02. The monoisotopic (exact) mass is 265 g/mol. The Labute approximate surface area is 110 Å². The van der Waals surface area contributed by atoms with Gasteiger partial charge in [-0.05, 0) is 0 Å². The molecule has 0 aliphatic carbocycles. The zero-order valence-electron chi connectivity index (χ0n) is 10.1. The number of benzene rings is 1. The highest BCUT2D eigenvalue weighted by Gasteiger charge is 2.32. The minimum absolute atomic E-state index is 0.0438. The lowest BCUT2D eigenvalue weighted by molar-refractivity contribution is -0.140. The Morgan fingerprint density at radius 1 is 1.44 bits per heavy atom. The standard InChI is InChI=1S/C13H15NO3S/c1-17-12(16)7-11-10(8-15)14-13(18-11)9-5-3-2-4-6-9/h2-6,10-11,15H,7-8H2,1H3/t10-,11-/m0/s1. The molecule has 18 heavy (non-hydrogen) atoms. The average molecular weight is 265 g/mol. The summed E-state index contributed by atoms with van der Waals surface area (Å²) in [5.74, 6) is -0.268. The first kappa shape index (κ1) is 13.1. The van der Waals surface area contributed by atoms with Crippen LogP contribution in [0.1, 0.15) is 12.0 Å². The van der Waals surface area contributed by atoms with Crippen LogP contribution < -0.4 is 0 Å². The van der Waals surface area contributed by atoms with Crippen LogP contribution in [-0.2, 0) is 9.53 Å². The van der Waals surface area contributed by atoms with Crippen molar-refractivity contribution in [3.63, 3.8) is 0 Å². The quantitative estimate of drug-likeness (QED) is 0.838. The van der Waals surface area contributed by atoms with E-state index in [0.717, 1.165) is 10.6 Å². The Morgan fingerprint density at radius 3 is 2.78 bits per heavy atom. The Hall–Kier alpha value is -1.33. The van der Waals surface area contributed by atoms with E-state index in [4.69, 9.17) is 0 Å². The largest absolute Gasteiger partial charge is 0.469 e. The number of carbonyl (C=O) groups is 1. The molecule has 0 radical (unpaired) electrons. The number of aliphatic hydroxyl groups excluding tert-OH is 1. The fraction of sp³-hybridized carbons (Fsp3) is 0.385. The first-order valence-corrected chi connectivity index (χ1v) is 6.60. The summed E-state index contributed by atoms with van der Waals surface area (Å²) in [6.45, 7) is -0.0506. The maximum atomic E-state index is 11.3. The number of esters is 1. The molecule has 5 heteroatoms. The second-order valence-electron chi connectivity index (χ2n) is 3.99. The van der Waals surface area contributed by atoms with Crippen molar-refractivity contribution in [1.82, 2.24) is 0 Å². The van der Waals surface area contributed by atoms with Crippen molar-refractivity contribution >= 4 is 22.8 Å². The minimum Gasteiger partial charge on any atom is -0.469 e. The van der Waals surface area contributed by atoms with Crippen LogP contribution in [0.25, 0.3) is 0 Å². The van der Waals surface area contributed by atoms with Crippen molar-refractivity contribution < 1.29 is 14.6 Å². The highest BCUT2D eigenvalue weighted by molar-refractivity contribution is 8.15. The number of rotatable bonds is 4. The summed E-state index contributed by atoms with van der Waals surface area (Å²) >= 11 is 1.53. The molecule has 2 rings (SSSR count). The molecule has 1 aromatic carbocycles. The number of hydrogen-bond acceptors (Lipinski definition) is 5. The van der Waals surface area contributed by atoms with Crippen molar-refractivity contribution in [1.29, 1.82) is 0 Å². The topological polar surface area (TPSA) is 58.9 Å². The number of hydrogen-bond donors (Lipinski definition) is 1. The number of methoxy groups -OCH3 is 1. The lowest BCUT2D eigenvalue weighted by atomic mass is 10.1. The first-order chi connectivity index (χ1) is 8.74. The Kier molecular flexibility index (Phi) is 4.38. The second-order valence-corrected chi connectivity index (χ2v) is 5.21. The lowest BCUT2D eigenvalue weighted by Crippen LogP contribution is -2.24. The summed E-state index contributed by atoms with van der Waals surface area (Å²) < 4.78 is 4.66. The molecule has 0 aromatic heterocycles. The molecular weight excluding hydrogens is 250 g/mol. The van der Waals surface area contributed by atoms with E-state index < -0.39 is 0 Å². The van der Waals surface area contributed by atoms with Crippen LogP contribution in [0.2, 0.25) is 0 Å². The number of thioether (sulfide) groups is 1. The molecule has 0 fully saturated rings. The highest BCUT2D eigenvalue weighted by Crippen LogP contribution is 2.32. The van der Waals surface area contributed by atoms with Gasteiger partial charge in [0.05, 0.1) is 31.2 Å². The van der Waals surface area contributed by atoms with Gasteiger partial charge in [-0.15, -0.1) is 0 Å². The van der Waals surface area contributed by atoms with Crippen molar-refractivity contribution in [3.05, 3.63) is 35.9 Å². The van der Waals surface area contributed by atoms with Crippen LogP contribution in [0.3, 0.4) is 0 Å². The molecule has 1 aliphatic heterocycles. The van der Waals surface area contributed by atoms with Gasteiger partial charge in [-0.1, -0.05) is 42.1 Å². The molecule has 0 unspecified atom stereocenters. The maximum absolute atomic E-state index is 11.3. The molecule has 0 saturated heterocycles. The number of aliphatic imine (C=N–C) groups is 1. The SMILES string of the molecule is COC(=O)C[C@@H]1SC(c2ccccc2)=N[C@H]1CO. The van der Waals surface area contributed by atoms with Gasteiger partial charge < -0.3 is 9.84 Å². The van der Waals surface area contributed by atoms with Gasteiger partial charge in [0.2, 0.25) is 0 Å². The lowest BCUT2D eigenvalue weighted by Gasteiger charge is -2.12. The number of carbonyl (C=O) groups excluding carboxylic acids is 1. The molecule has 0 amide bonds. The molecule has 1 aliphatic rings. The van der Waals surface area contributed by atoms with Gasteiger partial charge in [0.25, 0.3) is 0 Å². The van der Waals surface area contributed by atoms with Crippen LogP contribution in [0.4, 0.5) is 0 Å². The van der Waals surface area contributed by atoms with E-state index in [1.54, 1.807) is 0 Å². The molecule has 1 aromatic rings. The van der Waals surface area contributed by atoms with Gasteiger partial charge in [-0.25, -0.2) is 0 Å². The smallest absolute Gasteiger partial charge is 0.306 e. The van der Waals surface area contributed by atoms with E-state index in [2.05, 4.69) is 9.73 Å². The van der Waals surface area contributed by atoms with Crippen LogP contribution in [0.5, 0.6) is 0 Å². The van der Waals surface area contributed by atoms with Crippen LogP contribution in [0.15, 0.2) is 35.3 Å². The van der Waals surface area contributed by atoms with Crippen LogP contribution >= 0.6 is 11.8 Å². The first-order valence-electron chi connectivity index (χ1n) is 5.72. The van der Waals surface area contributed by atoms with Gasteiger partial charge in [0, 0.05) is 10.8 Å². The predicted octanol–water partition coefficient (Wildman–Crippen LogP) is 1.47. The summed E-state index contributed by atoms with van der Waals surface area (Å²) in [5, 5.41) is 10.1. The molecular formula is C13H15NO3S. The summed E-state index contributed by atoms with van der Waals surface area (Å²) in [6.07, 6.45) is 0.270. The van der Waals surface area contributed by atoms with Gasteiger partial charge >= 0.3 is 5.97 Å². The number of aliphatic hydroxyl groups is 1. The normalized spacial score (nSPS) is 22.7. The van der Waals surface area contributed by atoms with Gasteiger partial charge in [-0.2, -0.15) is 0 Å². The maximum Gasteiger partial charge on any atom is 0.306 e. The van der Waals surface area contributed by atoms with Gasteiger partial charge in [0.15, 0.2) is 0 Å². The Morgan fingerprint density at radius 2 is 2.17 bits per heavy atom. The third kappa shape index (κ3) is 2.91. The zero-order valence-corrected chi connectivity index (χ0v) is 10.9. The third-order valence-corrected chi connectivity index (χ3v) is 4.13. The van der Waals surface area contributed by atoms with E-state index in [1.165, 1.54) is 18.9 Å². The summed E-state index contributed by atoms with van der Waals surface area (Å²) in [7, 11) is 1.37. The molecule has 1 heterocycles. The van der Waals surface area contributed by atoms with E-state index in [9.17, 15) is 9.90 Å². The van der Waals surface area contributed by atoms with Gasteiger partial charge in [0.1, 0.15) is 0 Å². The third-order valence-electron chi connectivity index (χ3n) is 2.78. The fourth-order valence-corrected chi connectivity index (χ4v) is 3.07. The highest BCUT2D eigenvalue weighted by atomic mass is 32.2. The van der Waals surface area contributed by atoms with E-state index in [-0.39, 0.29) is 30.3 Å². The van der Waals surface area contributed by atoms with E-state index in [1.807, 2.05) is 30.3 Å². The minimum atomic E-state index is -0.268. The van der Waals surface area contributed by atoms with Crippen molar-refractivity contribution in [2.24, 2.45) is 4.99 Å². The Bertz CT molecular complexity index is 447. The number of nitrogens with zero attached hydrogens (tertiary/aromatic N) is 1. The van der Waals surface area contributed by atoms with Gasteiger partial charge in [-0.3, -0.25) is 9.79 Å². The molecule has 0 bridgehead atoms. The van der Waals surface area contributed by atoms with E-state index >= 15 is 0 Å². The summed E-state index contributed by atoms with van der Waals surface area (Å²) in [6, 6.07) is 9.55. The molecule has 1 N–H and O–H groups in total. The summed E-state index contributed by atoms with van der Waals surface area (Å²) in [4.78, 5) is 15.8. The average Bonchev–Trinajstić information content (AvgIpc) is 2.82. The van der Waals surface area contributed by atoms with Crippen molar-refractivity contribution in [3.8, 4) is 0 Å². The molecule has 4 nitrogen and oxygen atoms in total. The number of ether oxygens (including phenoxy) is 1.